The van der Waals surface area contributed by atoms with E-state index in [1.807, 2.05) is 0 Å². The number of phosphoric acid groups is 2. The van der Waals surface area contributed by atoms with Crippen molar-refractivity contribution in [2.45, 2.75) is 395 Å². The van der Waals surface area contributed by atoms with Crippen LogP contribution in [-0.4, -0.2) is 96.7 Å². The van der Waals surface area contributed by atoms with Crippen LogP contribution in [0, 0.1) is 23.7 Å². The number of carbonyl (C=O) groups is 4. The van der Waals surface area contributed by atoms with Crippen molar-refractivity contribution in [2.75, 3.05) is 39.6 Å². The molecule has 0 aliphatic heterocycles. The minimum absolute atomic E-state index is 0.104. The lowest BCUT2D eigenvalue weighted by Gasteiger charge is -2.21. The third-order valence-corrected chi connectivity index (χ3v) is 19.9. The smallest absolute Gasteiger partial charge is 0.462 e. The van der Waals surface area contributed by atoms with Crippen molar-refractivity contribution in [2.24, 2.45) is 23.7 Å². The van der Waals surface area contributed by atoms with Gasteiger partial charge in [-0.05, 0) is 49.4 Å². The minimum Gasteiger partial charge on any atom is -0.462 e. The van der Waals surface area contributed by atoms with E-state index in [0.29, 0.717) is 25.7 Å². The van der Waals surface area contributed by atoms with Crippen molar-refractivity contribution in [3.63, 3.8) is 0 Å². The first kappa shape index (κ1) is 92.1. The van der Waals surface area contributed by atoms with Gasteiger partial charge in [-0.2, -0.15) is 0 Å². The molecule has 0 aromatic rings. The average molecular weight is 1380 g/mol. The Morgan fingerprint density at radius 3 is 0.755 bits per heavy atom. The van der Waals surface area contributed by atoms with Crippen molar-refractivity contribution in [3.8, 4) is 0 Å². The minimum atomic E-state index is -4.96. The lowest BCUT2D eigenvalue weighted by atomic mass is 9.99. The highest BCUT2D eigenvalue weighted by molar-refractivity contribution is 7.47. The summed E-state index contributed by atoms with van der Waals surface area (Å²) in [6.07, 6.45) is 48.7. The molecule has 0 fully saturated rings. The highest BCUT2D eigenvalue weighted by atomic mass is 31.2. The van der Waals surface area contributed by atoms with Gasteiger partial charge in [-0.25, -0.2) is 9.13 Å². The lowest BCUT2D eigenvalue weighted by molar-refractivity contribution is -0.161. The first-order valence-corrected chi connectivity index (χ1v) is 41.8. The predicted molar refractivity (Wildman–Crippen MR) is 381 cm³/mol. The van der Waals surface area contributed by atoms with E-state index in [1.165, 1.54) is 173 Å². The molecule has 0 saturated heterocycles. The summed E-state index contributed by atoms with van der Waals surface area (Å²) in [5.41, 5.74) is 0. The molecule has 19 heteroatoms. The van der Waals surface area contributed by atoms with Gasteiger partial charge in [-0.1, -0.05) is 325 Å². The molecule has 0 aliphatic rings. The number of carbonyl (C=O) groups excluding carboxylic acids is 4. The third kappa shape index (κ3) is 66.0. The van der Waals surface area contributed by atoms with Crippen LogP contribution in [0.3, 0.4) is 0 Å². The Labute approximate surface area is 575 Å². The number of aliphatic hydroxyl groups excluding tert-OH is 1. The van der Waals surface area contributed by atoms with Crippen LogP contribution in [0.25, 0.3) is 0 Å². The molecule has 94 heavy (non-hydrogen) atoms. The monoisotopic (exact) mass is 1380 g/mol. The van der Waals surface area contributed by atoms with E-state index < -0.39 is 97.5 Å². The quantitative estimate of drug-likeness (QED) is 0.0222. The fourth-order valence-corrected chi connectivity index (χ4v) is 12.9. The average Bonchev–Trinajstić information content (AvgIpc) is 1.83. The molecule has 0 aromatic carbocycles. The maximum atomic E-state index is 13.1. The summed E-state index contributed by atoms with van der Waals surface area (Å²) in [7, 11) is -9.91. The molecule has 0 spiro atoms. The number of hydrogen-bond donors (Lipinski definition) is 3. The molecule has 0 heterocycles. The molecule has 0 amide bonds. The van der Waals surface area contributed by atoms with E-state index in [4.69, 9.17) is 37.0 Å². The summed E-state index contributed by atoms with van der Waals surface area (Å²) >= 11 is 0. The first-order chi connectivity index (χ1) is 45.2. The van der Waals surface area contributed by atoms with Gasteiger partial charge in [0.1, 0.15) is 19.3 Å². The molecule has 0 bridgehead atoms. The Balaban J connectivity index is 5.19. The molecule has 0 rings (SSSR count). The molecule has 0 radical (unpaired) electrons. The van der Waals surface area contributed by atoms with Crippen LogP contribution in [0.2, 0.25) is 0 Å². The molecule has 3 N–H and O–H groups in total. The van der Waals surface area contributed by atoms with Crippen LogP contribution < -0.4 is 0 Å². The summed E-state index contributed by atoms with van der Waals surface area (Å²) in [5.74, 6) is 0.921. The van der Waals surface area contributed by atoms with Gasteiger partial charge in [0.2, 0.25) is 0 Å². The molecule has 0 saturated carbocycles. The molecule has 7 atom stereocenters. The Hall–Kier alpha value is -1.94. The maximum Gasteiger partial charge on any atom is 0.472 e. The van der Waals surface area contributed by atoms with E-state index in [2.05, 4.69) is 55.4 Å². The molecule has 4 unspecified atom stereocenters. The highest BCUT2D eigenvalue weighted by Crippen LogP contribution is 2.45. The fourth-order valence-electron chi connectivity index (χ4n) is 11.3. The van der Waals surface area contributed by atoms with Crippen LogP contribution >= 0.6 is 15.6 Å². The Bertz CT molecular complexity index is 1850. The summed E-state index contributed by atoms with van der Waals surface area (Å²) in [6.45, 7) is 14.1. The lowest BCUT2D eigenvalue weighted by Crippen LogP contribution is -2.30. The zero-order chi connectivity index (χ0) is 69.6. The van der Waals surface area contributed by atoms with E-state index >= 15 is 0 Å². The zero-order valence-electron chi connectivity index (χ0n) is 61.6. The van der Waals surface area contributed by atoms with Gasteiger partial charge in [0.05, 0.1) is 26.4 Å². The van der Waals surface area contributed by atoms with Crippen LogP contribution in [0.1, 0.15) is 376 Å². The van der Waals surface area contributed by atoms with Gasteiger partial charge in [-0.15, -0.1) is 0 Å². The van der Waals surface area contributed by atoms with Crippen LogP contribution in [0.4, 0.5) is 0 Å². The van der Waals surface area contributed by atoms with Gasteiger partial charge in [-0.3, -0.25) is 37.3 Å². The van der Waals surface area contributed by atoms with E-state index in [1.54, 1.807) is 0 Å². The van der Waals surface area contributed by atoms with Crippen LogP contribution in [0.5, 0.6) is 0 Å². The Kier molecular flexibility index (Phi) is 63.1. The molecule has 0 aromatic heterocycles. The summed E-state index contributed by atoms with van der Waals surface area (Å²) in [6, 6.07) is 0. The number of hydrogen-bond acceptors (Lipinski definition) is 15. The summed E-state index contributed by atoms with van der Waals surface area (Å²) in [5, 5.41) is 10.6. The van der Waals surface area contributed by atoms with Gasteiger partial charge in [0.25, 0.3) is 0 Å². The first-order valence-electron chi connectivity index (χ1n) is 38.8. The van der Waals surface area contributed by atoms with Gasteiger partial charge >= 0.3 is 39.5 Å². The van der Waals surface area contributed by atoms with Crippen molar-refractivity contribution >= 4 is 39.5 Å². The standard InChI is InChI=1S/C75H146O17P2/c1-9-67(7)53-45-37-29-24-26-30-39-47-55-72(77)85-61-70(92-75(80)58-50-42-32-25-23-28-36-44-52-66(5)6)63-89-93(81,82)87-59-69(76)60-88-94(83,84)90-64-71(62-86-73(78)56-48-40-34-33-38-46-54-68(8)10-2)91-74(79)57-49-41-31-22-20-18-16-14-12-11-13-15-17-19-21-27-35-43-51-65(3)4/h65-71,76H,9-64H2,1-8H3,(H,81,82)(H,83,84)/t67?,68?,69-,70-,71-/m1/s1. The molecule has 0 aliphatic carbocycles. The van der Waals surface area contributed by atoms with Gasteiger partial charge in [0.15, 0.2) is 12.2 Å². The number of unbranched alkanes of at least 4 members (excludes halogenated alkanes) is 36. The van der Waals surface area contributed by atoms with Crippen molar-refractivity contribution in [3.05, 3.63) is 0 Å². The summed E-state index contributed by atoms with van der Waals surface area (Å²) < 4.78 is 68.4. The second kappa shape index (κ2) is 64.4. The second-order valence-electron chi connectivity index (χ2n) is 28.5. The molecular weight excluding hydrogens is 1230 g/mol. The van der Waals surface area contributed by atoms with E-state index in [9.17, 15) is 43.2 Å². The maximum absolute atomic E-state index is 13.1. The predicted octanol–water partition coefficient (Wildman–Crippen LogP) is 21.7. The van der Waals surface area contributed by atoms with Crippen molar-refractivity contribution < 1.29 is 80.2 Å². The largest absolute Gasteiger partial charge is 0.472 e. The van der Waals surface area contributed by atoms with Gasteiger partial charge < -0.3 is 33.8 Å². The van der Waals surface area contributed by atoms with Crippen molar-refractivity contribution in [1.29, 1.82) is 0 Å². The molecular formula is C75H146O17P2. The fraction of sp³-hybridized carbons (Fsp3) is 0.947. The number of phosphoric ester groups is 2. The van der Waals surface area contributed by atoms with Crippen LogP contribution in [-0.2, 0) is 65.4 Å². The number of aliphatic hydroxyl groups is 1. The number of ether oxygens (including phenoxy) is 4. The summed E-state index contributed by atoms with van der Waals surface area (Å²) in [4.78, 5) is 72.7. The molecule has 17 nitrogen and oxygen atoms in total. The third-order valence-electron chi connectivity index (χ3n) is 18.0. The van der Waals surface area contributed by atoms with E-state index in [0.717, 1.165) is 120 Å². The normalized spacial score (nSPS) is 14.7. The highest BCUT2D eigenvalue weighted by Gasteiger charge is 2.30. The Morgan fingerprint density at radius 2 is 0.511 bits per heavy atom. The number of esters is 4. The zero-order valence-corrected chi connectivity index (χ0v) is 63.4. The van der Waals surface area contributed by atoms with E-state index in [-0.39, 0.29) is 25.7 Å². The Morgan fingerprint density at radius 1 is 0.298 bits per heavy atom. The number of rotatable bonds is 72. The van der Waals surface area contributed by atoms with Gasteiger partial charge in [0, 0.05) is 25.7 Å². The van der Waals surface area contributed by atoms with Crippen molar-refractivity contribution in [1.82, 2.24) is 0 Å². The SMILES string of the molecule is CCC(C)CCCCCCCCCCC(=O)OC[C@H](COP(=O)(O)OC[C@@H](O)COP(=O)(O)OC[C@@H](COC(=O)CCCCCCCCC(C)CC)OC(=O)CCCCCCCCCCCCCCCCCCCCC(C)C)OC(=O)CCCCCCCCCCC(C)C. The molecule has 558 valence electrons. The second-order valence-corrected chi connectivity index (χ2v) is 31.4. The van der Waals surface area contributed by atoms with Crippen LogP contribution in [0.15, 0.2) is 0 Å². The topological polar surface area (TPSA) is 237 Å².